The van der Waals surface area contributed by atoms with Crippen LogP contribution in [-0.4, -0.2) is 0 Å². The van der Waals surface area contributed by atoms with Crippen molar-refractivity contribution in [2.45, 2.75) is 38.0 Å². The fraction of sp³-hybridized carbons (Fsp3) is 0.400. The molecule has 0 amide bonds. The molecular formula is C15H19. The van der Waals surface area contributed by atoms with Gasteiger partial charge >= 0.3 is 0 Å². The molecule has 0 aromatic heterocycles. The van der Waals surface area contributed by atoms with E-state index in [2.05, 4.69) is 38.6 Å². The zero-order chi connectivity index (χ0) is 10.8. The SMILES string of the molecule is [CH2]C(C=C)c1ccc(CC)c(C2CC2)c1. The molecule has 0 heterocycles. The van der Waals surface area contributed by atoms with Gasteiger partial charge in [0.1, 0.15) is 0 Å². The van der Waals surface area contributed by atoms with E-state index in [1.54, 1.807) is 5.56 Å². The highest BCUT2D eigenvalue weighted by Gasteiger charge is 2.25. The minimum absolute atomic E-state index is 0.230. The fourth-order valence-electron chi connectivity index (χ4n) is 2.08. The first-order valence-electron chi connectivity index (χ1n) is 5.84. The van der Waals surface area contributed by atoms with Crippen LogP contribution in [0.1, 0.15) is 48.3 Å². The lowest BCUT2D eigenvalue weighted by atomic mass is 9.93. The molecular weight excluding hydrogens is 180 g/mol. The summed E-state index contributed by atoms with van der Waals surface area (Å²) < 4.78 is 0. The maximum absolute atomic E-state index is 4.09. The second kappa shape index (κ2) is 4.22. The summed E-state index contributed by atoms with van der Waals surface area (Å²) in [5, 5.41) is 0. The van der Waals surface area contributed by atoms with Gasteiger partial charge in [0.2, 0.25) is 0 Å². The van der Waals surface area contributed by atoms with Gasteiger partial charge in [-0.1, -0.05) is 31.2 Å². The average molecular weight is 199 g/mol. The minimum atomic E-state index is 0.230. The van der Waals surface area contributed by atoms with Crippen LogP contribution in [0.15, 0.2) is 30.9 Å². The Balaban J connectivity index is 2.35. The third kappa shape index (κ3) is 2.14. The first-order chi connectivity index (χ1) is 7.26. The summed E-state index contributed by atoms with van der Waals surface area (Å²) in [5.41, 5.74) is 4.38. The van der Waals surface area contributed by atoms with Crippen LogP contribution in [0.2, 0.25) is 0 Å². The number of aryl methyl sites for hydroxylation is 1. The van der Waals surface area contributed by atoms with Crippen LogP contribution >= 0.6 is 0 Å². The van der Waals surface area contributed by atoms with E-state index in [0.717, 1.165) is 12.3 Å². The molecule has 1 aliphatic rings. The summed E-state index contributed by atoms with van der Waals surface area (Å²) in [6.07, 6.45) is 5.79. The van der Waals surface area contributed by atoms with Crippen molar-refractivity contribution in [2.24, 2.45) is 0 Å². The Labute approximate surface area is 93.0 Å². The average Bonchev–Trinajstić information content (AvgIpc) is 3.11. The van der Waals surface area contributed by atoms with Gasteiger partial charge in [0.25, 0.3) is 0 Å². The predicted octanol–water partition coefficient (Wildman–Crippen LogP) is 4.23. The third-order valence-corrected chi connectivity index (χ3v) is 3.28. The Bertz CT molecular complexity index is 358. The van der Waals surface area contributed by atoms with Crippen LogP contribution in [0.3, 0.4) is 0 Å². The molecule has 0 nitrogen and oxygen atoms in total. The molecule has 1 atom stereocenters. The predicted molar refractivity (Wildman–Crippen MR) is 66.1 cm³/mol. The van der Waals surface area contributed by atoms with Gasteiger partial charge in [0.05, 0.1) is 0 Å². The van der Waals surface area contributed by atoms with E-state index in [1.165, 1.54) is 24.0 Å². The van der Waals surface area contributed by atoms with E-state index >= 15 is 0 Å². The van der Waals surface area contributed by atoms with Crippen LogP contribution < -0.4 is 0 Å². The Morgan fingerprint density at radius 3 is 2.73 bits per heavy atom. The maximum atomic E-state index is 4.09. The number of allylic oxidation sites excluding steroid dienone is 1. The summed E-state index contributed by atoms with van der Waals surface area (Å²) in [5.74, 6) is 1.06. The highest BCUT2D eigenvalue weighted by molar-refractivity contribution is 5.39. The first kappa shape index (κ1) is 10.5. The van der Waals surface area contributed by atoms with Crippen molar-refractivity contribution in [1.29, 1.82) is 0 Å². The number of hydrogen-bond donors (Lipinski definition) is 0. The quantitative estimate of drug-likeness (QED) is 0.636. The Kier molecular flexibility index (Phi) is 2.95. The highest BCUT2D eigenvalue weighted by atomic mass is 14.3. The van der Waals surface area contributed by atoms with Gasteiger partial charge in [0, 0.05) is 5.92 Å². The van der Waals surface area contributed by atoms with Gasteiger partial charge in [-0.25, -0.2) is 0 Å². The summed E-state index contributed by atoms with van der Waals surface area (Å²) in [6.45, 7) is 10.1. The van der Waals surface area contributed by atoms with Gasteiger partial charge in [-0.05, 0) is 48.8 Å². The Morgan fingerprint density at radius 2 is 2.20 bits per heavy atom. The number of rotatable bonds is 4. The Morgan fingerprint density at radius 1 is 1.47 bits per heavy atom. The van der Waals surface area contributed by atoms with Crippen molar-refractivity contribution >= 4 is 0 Å². The molecule has 1 saturated carbocycles. The minimum Gasteiger partial charge on any atom is -0.102 e. The van der Waals surface area contributed by atoms with Crippen molar-refractivity contribution in [3.05, 3.63) is 54.5 Å². The molecule has 1 aromatic carbocycles. The van der Waals surface area contributed by atoms with E-state index in [4.69, 9.17) is 0 Å². The van der Waals surface area contributed by atoms with Gasteiger partial charge < -0.3 is 0 Å². The van der Waals surface area contributed by atoms with Crippen LogP contribution in [0.5, 0.6) is 0 Å². The monoisotopic (exact) mass is 199 g/mol. The summed E-state index contributed by atoms with van der Waals surface area (Å²) in [7, 11) is 0. The summed E-state index contributed by atoms with van der Waals surface area (Å²) in [6, 6.07) is 6.81. The van der Waals surface area contributed by atoms with Crippen LogP contribution in [0.25, 0.3) is 0 Å². The standard InChI is InChI=1S/C15H19/c1-4-11(3)14-9-6-12(5-2)15(10-14)13-7-8-13/h4,6,9-11,13H,1,3,5,7-8H2,2H3. The maximum Gasteiger partial charge on any atom is 0.00157 e. The molecule has 0 heteroatoms. The third-order valence-electron chi connectivity index (χ3n) is 3.28. The lowest BCUT2D eigenvalue weighted by Crippen LogP contribution is -1.95. The molecule has 0 N–H and O–H groups in total. The molecule has 2 rings (SSSR count). The largest absolute Gasteiger partial charge is 0.102 e. The number of hydrogen-bond acceptors (Lipinski definition) is 0. The molecule has 1 aliphatic carbocycles. The molecule has 0 bridgehead atoms. The molecule has 0 aliphatic heterocycles. The van der Waals surface area contributed by atoms with Gasteiger partial charge in [0.15, 0.2) is 0 Å². The molecule has 1 radical (unpaired) electrons. The smallest absolute Gasteiger partial charge is 0.00157 e. The van der Waals surface area contributed by atoms with E-state index in [1.807, 2.05) is 6.08 Å². The number of benzene rings is 1. The lowest BCUT2D eigenvalue weighted by Gasteiger charge is -2.12. The second-order valence-electron chi connectivity index (χ2n) is 4.43. The van der Waals surface area contributed by atoms with Crippen molar-refractivity contribution in [3.8, 4) is 0 Å². The van der Waals surface area contributed by atoms with E-state index < -0.39 is 0 Å². The zero-order valence-electron chi connectivity index (χ0n) is 9.50. The first-order valence-corrected chi connectivity index (χ1v) is 5.84. The molecule has 15 heavy (non-hydrogen) atoms. The summed E-state index contributed by atoms with van der Waals surface area (Å²) in [4.78, 5) is 0. The molecule has 0 spiro atoms. The van der Waals surface area contributed by atoms with E-state index in [0.29, 0.717) is 0 Å². The van der Waals surface area contributed by atoms with Gasteiger partial charge in [-0.15, -0.1) is 6.58 Å². The molecule has 79 valence electrons. The van der Waals surface area contributed by atoms with Crippen molar-refractivity contribution in [1.82, 2.24) is 0 Å². The fourth-order valence-corrected chi connectivity index (χ4v) is 2.08. The molecule has 1 unspecified atom stereocenters. The van der Waals surface area contributed by atoms with Crippen LogP contribution in [-0.2, 0) is 6.42 Å². The van der Waals surface area contributed by atoms with Crippen molar-refractivity contribution in [2.75, 3.05) is 0 Å². The van der Waals surface area contributed by atoms with Crippen molar-refractivity contribution < 1.29 is 0 Å². The molecule has 1 aromatic rings. The van der Waals surface area contributed by atoms with Gasteiger partial charge in [-0.2, -0.15) is 0 Å². The van der Waals surface area contributed by atoms with Gasteiger partial charge in [-0.3, -0.25) is 0 Å². The van der Waals surface area contributed by atoms with E-state index in [9.17, 15) is 0 Å². The van der Waals surface area contributed by atoms with Crippen LogP contribution in [0, 0.1) is 6.92 Å². The van der Waals surface area contributed by atoms with Crippen molar-refractivity contribution in [3.63, 3.8) is 0 Å². The lowest BCUT2D eigenvalue weighted by molar-refractivity contribution is 0.996. The molecule has 1 fully saturated rings. The molecule has 0 saturated heterocycles. The zero-order valence-corrected chi connectivity index (χ0v) is 9.50. The summed E-state index contributed by atoms with van der Waals surface area (Å²) >= 11 is 0. The topological polar surface area (TPSA) is 0 Å². The Hall–Kier alpha value is -1.04. The normalized spacial score (nSPS) is 17.5. The highest BCUT2D eigenvalue weighted by Crippen LogP contribution is 2.42. The van der Waals surface area contributed by atoms with E-state index in [-0.39, 0.29) is 5.92 Å². The van der Waals surface area contributed by atoms with Crippen LogP contribution in [0.4, 0.5) is 0 Å². The second-order valence-corrected chi connectivity index (χ2v) is 4.43.